The van der Waals surface area contributed by atoms with Crippen molar-refractivity contribution >= 4 is 5.78 Å². The molecule has 1 saturated heterocycles. The first-order valence-electron chi connectivity index (χ1n) is 7.47. The van der Waals surface area contributed by atoms with Crippen LogP contribution < -0.4 is 0 Å². The number of ketones is 1. The minimum absolute atomic E-state index is 0.0672. The molecule has 1 atom stereocenters. The van der Waals surface area contributed by atoms with E-state index in [1.54, 1.807) is 0 Å². The Morgan fingerprint density at radius 1 is 1.15 bits per heavy atom. The van der Waals surface area contributed by atoms with Gasteiger partial charge in [0, 0.05) is 5.56 Å². The summed E-state index contributed by atoms with van der Waals surface area (Å²) in [6.07, 6.45) is 0.783. The average Bonchev–Trinajstić information content (AvgIpc) is 2.56. The summed E-state index contributed by atoms with van der Waals surface area (Å²) in [5.74, 6) is 0.627. The fraction of sp³-hybridized carbons (Fsp3) is 0.611. The topological polar surface area (TPSA) is 26.3 Å². The van der Waals surface area contributed by atoms with Crippen molar-refractivity contribution in [1.29, 1.82) is 0 Å². The molecule has 1 heterocycles. The lowest BCUT2D eigenvalue weighted by molar-refractivity contribution is -0.0712. The molecule has 0 aromatic heterocycles. The highest BCUT2D eigenvalue weighted by atomic mass is 16.5. The third kappa shape index (κ3) is 2.95. The summed E-state index contributed by atoms with van der Waals surface area (Å²) in [5, 5.41) is 0. The molecule has 1 aromatic carbocycles. The summed E-state index contributed by atoms with van der Waals surface area (Å²) in [5.41, 5.74) is 1.46. The lowest BCUT2D eigenvalue weighted by Gasteiger charge is -2.26. The maximum atomic E-state index is 12.8. The number of carbonyl (C=O) groups is 1. The van der Waals surface area contributed by atoms with Crippen LogP contribution >= 0.6 is 0 Å². The summed E-state index contributed by atoms with van der Waals surface area (Å²) in [7, 11) is 0. The maximum Gasteiger partial charge on any atom is 0.168 e. The van der Waals surface area contributed by atoms with E-state index in [2.05, 4.69) is 39.8 Å². The van der Waals surface area contributed by atoms with Crippen LogP contribution in [0.1, 0.15) is 69.8 Å². The second-order valence-corrected chi connectivity index (χ2v) is 7.36. The molecule has 0 aliphatic carbocycles. The second-order valence-electron chi connectivity index (χ2n) is 7.36. The van der Waals surface area contributed by atoms with Crippen molar-refractivity contribution in [1.82, 2.24) is 0 Å². The third-order valence-corrected chi connectivity index (χ3v) is 4.25. The molecule has 0 spiro atoms. The predicted octanol–water partition coefficient (Wildman–Crippen LogP) is 4.59. The van der Waals surface area contributed by atoms with Crippen molar-refractivity contribution < 1.29 is 9.53 Å². The van der Waals surface area contributed by atoms with Crippen LogP contribution in [-0.4, -0.2) is 17.0 Å². The number of hydrogen-bond acceptors (Lipinski definition) is 2. The van der Waals surface area contributed by atoms with Crippen molar-refractivity contribution in [2.24, 2.45) is 5.92 Å². The number of rotatable bonds is 3. The zero-order chi connectivity index (χ0) is 15.1. The third-order valence-electron chi connectivity index (χ3n) is 4.25. The van der Waals surface area contributed by atoms with Gasteiger partial charge < -0.3 is 4.74 Å². The number of hydrogen-bond donors (Lipinski definition) is 0. The van der Waals surface area contributed by atoms with Gasteiger partial charge >= 0.3 is 0 Å². The highest BCUT2D eigenvalue weighted by molar-refractivity contribution is 5.98. The van der Waals surface area contributed by atoms with E-state index >= 15 is 0 Å². The molecule has 0 radical (unpaired) electrons. The van der Waals surface area contributed by atoms with E-state index in [1.807, 2.05) is 26.0 Å². The molecular weight excluding hydrogens is 248 g/mol. The summed E-state index contributed by atoms with van der Waals surface area (Å²) in [6, 6.07) is 8.04. The molecule has 0 bridgehead atoms. The fourth-order valence-electron chi connectivity index (χ4n) is 3.20. The number of ether oxygens (including phenoxy) is 1. The van der Waals surface area contributed by atoms with Crippen LogP contribution in [-0.2, 0) is 4.74 Å². The Bertz CT molecular complexity index is 495. The standard InChI is InChI=1S/C18H26O2/c1-12(2)13-7-9-14(10-8-13)16(19)15-11-17(3,4)20-18(15,5)6/h7-10,12,15H,11H2,1-6H3. The summed E-state index contributed by atoms with van der Waals surface area (Å²) in [4.78, 5) is 12.8. The van der Waals surface area contributed by atoms with Gasteiger partial charge in [0.1, 0.15) is 0 Å². The Balaban J connectivity index is 2.23. The van der Waals surface area contributed by atoms with Gasteiger partial charge in [-0.2, -0.15) is 0 Å². The summed E-state index contributed by atoms with van der Waals surface area (Å²) in [6.45, 7) is 12.5. The van der Waals surface area contributed by atoms with E-state index < -0.39 is 5.60 Å². The van der Waals surface area contributed by atoms with Crippen LogP contribution in [0.5, 0.6) is 0 Å². The van der Waals surface area contributed by atoms with Gasteiger partial charge in [0.25, 0.3) is 0 Å². The molecule has 2 nitrogen and oxygen atoms in total. The van der Waals surface area contributed by atoms with Gasteiger partial charge in [0.15, 0.2) is 5.78 Å². The Morgan fingerprint density at radius 2 is 1.70 bits per heavy atom. The van der Waals surface area contributed by atoms with Gasteiger partial charge in [-0.3, -0.25) is 4.79 Å². The van der Waals surface area contributed by atoms with Crippen LogP contribution in [0.3, 0.4) is 0 Å². The lowest BCUT2D eigenvalue weighted by atomic mass is 9.81. The van der Waals surface area contributed by atoms with Gasteiger partial charge in [-0.25, -0.2) is 0 Å². The minimum Gasteiger partial charge on any atom is -0.369 e. The number of Topliss-reactive ketones (excluding diaryl/α,β-unsaturated/α-hetero) is 1. The van der Waals surface area contributed by atoms with E-state index in [1.165, 1.54) is 5.56 Å². The largest absolute Gasteiger partial charge is 0.369 e. The van der Waals surface area contributed by atoms with Crippen LogP contribution in [0, 0.1) is 5.92 Å². The number of benzene rings is 1. The Morgan fingerprint density at radius 3 is 2.10 bits per heavy atom. The summed E-state index contributed by atoms with van der Waals surface area (Å²) < 4.78 is 6.03. The molecule has 20 heavy (non-hydrogen) atoms. The molecule has 2 rings (SSSR count). The zero-order valence-electron chi connectivity index (χ0n) is 13.5. The monoisotopic (exact) mass is 274 g/mol. The van der Waals surface area contributed by atoms with Gasteiger partial charge in [0.2, 0.25) is 0 Å². The Hall–Kier alpha value is -1.15. The van der Waals surface area contributed by atoms with Gasteiger partial charge in [-0.1, -0.05) is 38.1 Å². The molecule has 1 fully saturated rings. The summed E-state index contributed by atoms with van der Waals surface area (Å²) >= 11 is 0. The SMILES string of the molecule is CC(C)c1ccc(C(=O)C2CC(C)(C)OC2(C)C)cc1. The van der Waals surface area contributed by atoms with Crippen LogP contribution in [0.15, 0.2) is 24.3 Å². The first-order chi connectivity index (χ1) is 9.12. The normalized spacial score (nSPS) is 24.1. The van der Waals surface area contributed by atoms with Crippen molar-refractivity contribution in [2.75, 3.05) is 0 Å². The predicted molar refractivity (Wildman–Crippen MR) is 82.2 cm³/mol. The number of carbonyl (C=O) groups excluding carboxylic acids is 1. The molecule has 1 aliphatic heterocycles. The first-order valence-corrected chi connectivity index (χ1v) is 7.47. The van der Waals surface area contributed by atoms with Gasteiger partial charge in [-0.05, 0) is 45.6 Å². The van der Waals surface area contributed by atoms with Crippen LogP contribution in [0.25, 0.3) is 0 Å². The van der Waals surface area contributed by atoms with E-state index in [0.717, 1.165) is 12.0 Å². The van der Waals surface area contributed by atoms with Crippen molar-refractivity contribution in [3.05, 3.63) is 35.4 Å². The van der Waals surface area contributed by atoms with E-state index in [-0.39, 0.29) is 17.3 Å². The molecule has 1 aromatic rings. The van der Waals surface area contributed by atoms with Crippen molar-refractivity contribution in [2.45, 2.75) is 65.1 Å². The minimum atomic E-state index is -0.392. The van der Waals surface area contributed by atoms with Crippen LogP contribution in [0.2, 0.25) is 0 Å². The highest BCUT2D eigenvalue weighted by Gasteiger charge is 2.49. The molecule has 1 aliphatic rings. The molecule has 0 N–H and O–H groups in total. The Labute approximate surface area is 122 Å². The van der Waals surface area contributed by atoms with E-state index in [9.17, 15) is 4.79 Å². The smallest absolute Gasteiger partial charge is 0.168 e. The molecule has 2 heteroatoms. The average molecular weight is 274 g/mol. The lowest BCUT2D eigenvalue weighted by Crippen LogP contribution is -2.33. The molecule has 110 valence electrons. The van der Waals surface area contributed by atoms with E-state index in [4.69, 9.17) is 4.74 Å². The van der Waals surface area contributed by atoms with Gasteiger partial charge in [-0.15, -0.1) is 0 Å². The van der Waals surface area contributed by atoms with E-state index in [0.29, 0.717) is 5.92 Å². The van der Waals surface area contributed by atoms with Crippen molar-refractivity contribution in [3.63, 3.8) is 0 Å². The van der Waals surface area contributed by atoms with Gasteiger partial charge in [0.05, 0.1) is 17.1 Å². The highest BCUT2D eigenvalue weighted by Crippen LogP contribution is 2.43. The fourth-order valence-corrected chi connectivity index (χ4v) is 3.20. The Kier molecular flexibility index (Phi) is 3.81. The second kappa shape index (κ2) is 5.00. The van der Waals surface area contributed by atoms with Crippen LogP contribution in [0.4, 0.5) is 0 Å². The zero-order valence-corrected chi connectivity index (χ0v) is 13.5. The molecule has 0 amide bonds. The van der Waals surface area contributed by atoms with Crippen molar-refractivity contribution in [3.8, 4) is 0 Å². The molecule has 0 saturated carbocycles. The first kappa shape index (κ1) is 15.2. The maximum absolute atomic E-state index is 12.8. The quantitative estimate of drug-likeness (QED) is 0.754. The molecule has 1 unspecified atom stereocenters. The molecular formula is C18H26O2.